The van der Waals surface area contributed by atoms with Gasteiger partial charge in [0.1, 0.15) is 11.6 Å². The van der Waals surface area contributed by atoms with Gasteiger partial charge in [-0.25, -0.2) is 8.78 Å². The molecule has 2 rings (SSSR count). The topological polar surface area (TPSA) is 41.1 Å². The lowest BCUT2D eigenvalue weighted by atomic mass is 10.0. The molecule has 0 spiro atoms. The molecule has 2 N–H and O–H groups in total. The zero-order valence-electron chi connectivity index (χ0n) is 12.5. The molecule has 0 aromatic heterocycles. The van der Waals surface area contributed by atoms with E-state index in [2.05, 4.69) is 24.5 Å². The maximum atomic E-state index is 13.5. The highest BCUT2D eigenvalue weighted by Crippen LogP contribution is 2.23. The highest BCUT2D eigenvalue weighted by molar-refractivity contribution is 5.93. The van der Waals surface area contributed by atoms with Gasteiger partial charge in [-0.3, -0.25) is 4.79 Å². The third-order valence-electron chi connectivity index (χ3n) is 3.22. The third kappa shape index (κ3) is 4.04. The van der Waals surface area contributed by atoms with Crippen molar-refractivity contribution in [2.75, 3.05) is 17.2 Å². The molecule has 0 saturated carbocycles. The maximum Gasteiger partial charge on any atom is 0.243 e. The Hall–Kier alpha value is -2.43. The second kappa shape index (κ2) is 7.02. The van der Waals surface area contributed by atoms with E-state index in [0.717, 1.165) is 29.4 Å². The number of carbonyl (C=O) groups is 1. The highest BCUT2D eigenvalue weighted by Gasteiger charge is 2.10. The van der Waals surface area contributed by atoms with Crippen molar-refractivity contribution < 1.29 is 13.6 Å². The Labute approximate surface area is 128 Å². The van der Waals surface area contributed by atoms with E-state index >= 15 is 0 Å². The molecule has 2 aromatic carbocycles. The lowest BCUT2D eigenvalue weighted by Crippen LogP contribution is -2.23. The zero-order chi connectivity index (χ0) is 16.1. The molecule has 22 heavy (non-hydrogen) atoms. The molecule has 0 heterocycles. The lowest BCUT2D eigenvalue weighted by molar-refractivity contribution is -0.114. The van der Waals surface area contributed by atoms with Gasteiger partial charge in [0.05, 0.1) is 12.2 Å². The number of halogens is 2. The smallest absolute Gasteiger partial charge is 0.243 e. The van der Waals surface area contributed by atoms with Gasteiger partial charge in [0.2, 0.25) is 5.91 Å². The number of benzene rings is 2. The minimum atomic E-state index is -0.669. The van der Waals surface area contributed by atoms with Crippen LogP contribution in [0.3, 0.4) is 0 Å². The van der Waals surface area contributed by atoms with E-state index in [0.29, 0.717) is 5.92 Å². The number of hydrogen-bond acceptors (Lipinski definition) is 2. The molecule has 0 aliphatic carbocycles. The number of amides is 1. The summed E-state index contributed by atoms with van der Waals surface area (Å²) in [6.45, 7) is 4.09. The lowest BCUT2D eigenvalue weighted by Gasteiger charge is -2.14. The van der Waals surface area contributed by atoms with Gasteiger partial charge in [-0.15, -0.1) is 0 Å². The average Bonchev–Trinajstić information content (AvgIpc) is 2.49. The van der Waals surface area contributed by atoms with Crippen molar-refractivity contribution in [3.05, 3.63) is 59.7 Å². The Bertz CT molecular complexity index is 671. The number of carbonyl (C=O) groups excluding carboxylic acids is 1. The van der Waals surface area contributed by atoms with Crippen molar-refractivity contribution in [3.63, 3.8) is 0 Å². The zero-order valence-corrected chi connectivity index (χ0v) is 12.5. The first-order chi connectivity index (χ1) is 10.5. The van der Waals surface area contributed by atoms with Crippen LogP contribution in [0.1, 0.15) is 25.3 Å². The molecule has 0 atom stereocenters. The Balaban J connectivity index is 2.00. The highest BCUT2D eigenvalue weighted by atomic mass is 19.1. The summed E-state index contributed by atoms with van der Waals surface area (Å²) in [6, 6.07) is 10.6. The number of para-hydroxylation sites is 1. The van der Waals surface area contributed by atoms with Gasteiger partial charge in [0.25, 0.3) is 0 Å². The normalized spacial score (nSPS) is 10.6. The molecule has 5 heteroatoms. The number of rotatable bonds is 5. The summed E-state index contributed by atoms with van der Waals surface area (Å²) in [5.74, 6) is -1.40. The summed E-state index contributed by atoms with van der Waals surface area (Å²) in [6.07, 6.45) is 0. The van der Waals surface area contributed by atoms with Crippen molar-refractivity contribution in [2.45, 2.75) is 19.8 Å². The van der Waals surface area contributed by atoms with Crippen LogP contribution in [0.25, 0.3) is 0 Å². The fourth-order valence-electron chi connectivity index (χ4n) is 2.12. The SMILES string of the molecule is CC(C)c1ccccc1NCC(=O)Nc1cc(F)ccc1F. The Morgan fingerprint density at radius 1 is 1.09 bits per heavy atom. The van der Waals surface area contributed by atoms with Crippen LogP contribution < -0.4 is 10.6 Å². The second-order valence-electron chi connectivity index (χ2n) is 5.27. The largest absolute Gasteiger partial charge is 0.376 e. The first-order valence-electron chi connectivity index (χ1n) is 7.05. The van der Waals surface area contributed by atoms with Crippen molar-refractivity contribution in [1.29, 1.82) is 0 Å². The molecule has 0 fully saturated rings. The van der Waals surface area contributed by atoms with E-state index in [-0.39, 0.29) is 12.2 Å². The number of nitrogens with one attached hydrogen (secondary N) is 2. The van der Waals surface area contributed by atoms with Gasteiger partial charge in [-0.1, -0.05) is 32.0 Å². The van der Waals surface area contributed by atoms with Crippen molar-refractivity contribution in [3.8, 4) is 0 Å². The Kier molecular flexibility index (Phi) is 5.09. The quantitative estimate of drug-likeness (QED) is 0.871. The molecule has 0 aliphatic heterocycles. The Morgan fingerprint density at radius 3 is 2.55 bits per heavy atom. The maximum absolute atomic E-state index is 13.5. The van der Waals surface area contributed by atoms with E-state index in [9.17, 15) is 13.6 Å². The van der Waals surface area contributed by atoms with Gasteiger partial charge >= 0.3 is 0 Å². The standard InChI is InChI=1S/C17H18F2N2O/c1-11(2)13-5-3-4-6-15(13)20-10-17(22)21-16-9-12(18)7-8-14(16)19/h3-9,11,20H,10H2,1-2H3,(H,21,22). The van der Waals surface area contributed by atoms with Crippen LogP contribution in [0, 0.1) is 11.6 Å². The van der Waals surface area contributed by atoms with Crippen LogP contribution in [0.2, 0.25) is 0 Å². The van der Waals surface area contributed by atoms with Crippen LogP contribution >= 0.6 is 0 Å². The summed E-state index contributed by atoms with van der Waals surface area (Å²) in [5.41, 5.74) is 1.78. The van der Waals surface area contributed by atoms with Gasteiger partial charge in [-0.05, 0) is 29.7 Å². The van der Waals surface area contributed by atoms with Gasteiger partial charge in [-0.2, -0.15) is 0 Å². The van der Waals surface area contributed by atoms with E-state index < -0.39 is 17.5 Å². The van der Waals surface area contributed by atoms with Crippen LogP contribution in [-0.4, -0.2) is 12.5 Å². The van der Waals surface area contributed by atoms with Crippen molar-refractivity contribution in [1.82, 2.24) is 0 Å². The summed E-state index contributed by atoms with van der Waals surface area (Å²) < 4.78 is 26.5. The van der Waals surface area contributed by atoms with Gasteiger partial charge in [0.15, 0.2) is 0 Å². The molecule has 0 unspecified atom stereocenters. The van der Waals surface area contributed by atoms with Crippen molar-refractivity contribution >= 4 is 17.3 Å². The first-order valence-corrected chi connectivity index (χ1v) is 7.05. The molecular formula is C17H18F2N2O. The molecule has 116 valence electrons. The van der Waals surface area contributed by atoms with Gasteiger partial charge in [0, 0.05) is 11.8 Å². The number of anilines is 2. The third-order valence-corrected chi connectivity index (χ3v) is 3.22. The average molecular weight is 304 g/mol. The monoisotopic (exact) mass is 304 g/mol. The molecule has 0 aliphatic rings. The van der Waals surface area contributed by atoms with E-state index in [1.165, 1.54) is 0 Å². The minimum Gasteiger partial charge on any atom is -0.376 e. The summed E-state index contributed by atoms with van der Waals surface area (Å²) >= 11 is 0. The fraction of sp³-hybridized carbons (Fsp3) is 0.235. The second-order valence-corrected chi connectivity index (χ2v) is 5.27. The predicted octanol–water partition coefficient (Wildman–Crippen LogP) is 4.14. The fourth-order valence-corrected chi connectivity index (χ4v) is 2.12. The predicted molar refractivity (Wildman–Crippen MR) is 84.0 cm³/mol. The van der Waals surface area contributed by atoms with Crippen LogP contribution in [0.4, 0.5) is 20.2 Å². The minimum absolute atomic E-state index is 0.0281. The molecule has 1 amide bonds. The van der Waals surface area contributed by atoms with E-state index in [1.807, 2.05) is 24.3 Å². The van der Waals surface area contributed by atoms with E-state index in [1.54, 1.807) is 0 Å². The van der Waals surface area contributed by atoms with Crippen LogP contribution in [0.5, 0.6) is 0 Å². The molecule has 0 saturated heterocycles. The summed E-state index contributed by atoms with van der Waals surface area (Å²) in [4.78, 5) is 11.9. The molecule has 2 aromatic rings. The number of hydrogen-bond donors (Lipinski definition) is 2. The summed E-state index contributed by atoms with van der Waals surface area (Å²) in [5, 5.41) is 5.37. The molecule has 0 radical (unpaired) electrons. The van der Waals surface area contributed by atoms with E-state index in [4.69, 9.17) is 0 Å². The first kappa shape index (κ1) is 15.9. The molecule has 0 bridgehead atoms. The molecular weight excluding hydrogens is 286 g/mol. The summed E-state index contributed by atoms with van der Waals surface area (Å²) in [7, 11) is 0. The van der Waals surface area contributed by atoms with Crippen LogP contribution in [0.15, 0.2) is 42.5 Å². The van der Waals surface area contributed by atoms with Gasteiger partial charge < -0.3 is 10.6 Å². The van der Waals surface area contributed by atoms with Crippen molar-refractivity contribution in [2.24, 2.45) is 0 Å². The van der Waals surface area contributed by atoms with Crippen LogP contribution in [-0.2, 0) is 4.79 Å². The molecule has 3 nitrogen and oxygen atoms in total. The Morgan fingerprint density at radius 2 is 1.82 bits per heavy atom.